The lowest BCUT2D eigenvalue weighted by Gasteiger charge is -2.42. The van der Waals surface area contributed by atoms with Crippen molar-refractivity contribution in [2.24, 2.45) is 11.7 Å². The molecule has 1 aliphatic carbocycles. The van der Waals surface area contributed by atoms with Crippen LogP contribution in [0.2, 0.25) is 0 Å². The molecule has 1 amide bonds. The number of halogens is 2. The SMILES string of the molecule is CC1(N)CCCCC1C(=O)N1CCCC(n2cccn2)C1.Cl.Cl. The molecule has 2 aliphatic rings. The number of piperidine rings is 1. The highest BCUT2D eigenvalue weighted by molar-refractivity contribution is 5.85. The van der Waals surface area contributed by atoms with Crippen LogP contribution < -0.4 is 5.73 Å². The molecule has 0 aromatic carbocycles. The number of carbonyl (C=O) groups excluding carboxylic acids is 1. The Balaban J connectivity index is 0.00000132. The average molecular weight is 363 g/mol. The number of nitrogens with two attached hydrogens (primary N) is 1. The van der Waals surface area contributed by atoms with Gasteiger partial charge in [0, 0.05) is 31.0 Å². The van der Waals surface area contributed by atoms with Gasteiger partial charge in [-0.2, -0.15) is 5.10 Å². The molecule has 1 aromatic rings. The molecule has 23 heavy (non-hydrogen) atoms. The van der Waals surface area contributed by atoms with Crippen LogP contribution in [0.1, 0.15) is 51.5 Å². The van der Waals surface area contributed by atoms with Crippen molar-refractivity contribution < 1.29 is 4.79 Å². The lowest BCUT2D eigenvalue weighted by atomic mass is 9.74. The molecule has 1 saturated heterocycles. The number of amides is 1. The molecule has 3 unspecified atom stereocenters. The van der Waals surface area contributed by atoms with Gasteiger partial charge in [-0.3, -0.25) is 9.48 Å². The van der Waals surface area contributed by atoms with Crippen molar-refractivity contribution in [1.29, 1.82) is 0 Å². The molecule has 2 N–H and O–H groups in total. The predicted molar refractivity (Wildman–Crippen MR) is 96.1 cm³/mol. The fourth-order valence-electron chi connectivity index (χ4n) is 3.85. The quantitative estimate of drug-likeness (QED) is 0.879. The second kappa shape index (κ2) is 8.36. The van der Waals surface area contributed by atoms with Crippen LogP contribution in [0.25, 0.3) is 0 Å². The highest BCUT2D eigenvalue weighted by Gasteiger charge is 2.40. The van der Waals surface area contributed by atoms with Gasteiger partial charge < -0.3 is 10.6 Å². The minimum Gasteiger partial charge on any atom is -0.340 e. The average Bonchev–Trinajstić information content (AvgIpc) is 3.00. The van der Waals surface area contributed by atoms with Gasteiger partial charge in [0.1, 0.15) is 0 Å². The second-order valence-corrected chi connectivity index (χ2v) is 6.87. The molecule has 2 heterocycles. The molecule has 5 nitrogen and oxygen atoms in total. The van der Waals surface area contributed by atoms with E-state index < -0.39 is 0 Å². The summed E-state index contributed by atoms with van der Waals surface area (Å²) in [6.07, 6.45) is 10.1. The minimum atomic E-state index is -0.339. The van der Waals surface area contributed by atoms with E-state index in [0.29, 0.717) is 6.04 Å². The Morgan fingerprint density at radius 2 is 2.04 bits per heavy atom. The van der Waals surface area contributed by atoms with Gasteiger partial charge in [-0.25, -0.2) is 0 Å². The van der Waals surface area contributed by atoms with E-state index in [1.807, 2.05) is 28.8 Å². The second-order valence-electron chi connectivity index (χ2n) is 6.87. The zero-order valence-electron chi connectivity index (χ0n) is 13.7. The molecule has 3 atom stereocenters. The predicted octanol–water partition coefficient (Wildman–Crippen LogP) is 2.80. The summed E-state index contributed by atoms with van der Waals surface area (Å²) >= 11 is 0. The summed E-state index contributed by atoms with van der Waals surface area (Å²) in [5, 5.41) is 4.33. The van der Waals surface area contributed by atoms with Gasteiger partial charge in [0.2, 0.25) is 5.91 Å². The Bertz CT molecular complexity index is 492. The molecular weight excluding hydrogens is 335 g/mol. The topological polar surface area (TPSA) is 64.2 Å². The maximum atomic E-state index is 12.9. The van der Waals surface area contributed by atoms with Gasteiger partial charge in [-0.15, -0.1) is 24.8 Å². The maximum Gasteiger partial charge on any atom is 0.227 e. The van der Waals surface area contributed by atoms with Crippen molar-refractivity contribution >= 4 is 30.7 Å². The van der Waals surface area contributed by atoms with Crippen molar-refractivity contribution in [3.05, 3.63) is 18.5 Å². The third-order valence-electron chi connectivity index (χ3n) is 5.16. The first-order chi connectivity index (χ1) is 10.1. The third-order valence-corrected chi connectivity index (χ3v) is 5.16. The van der Waals surface area contributed by atoms with Gasteiger partial charge in [0.15, 0.2) is 0 Å². The van der Waals surface area contributed by atoms with Crippen molar-refractivity contribution in [1.82, 2.24) is 14.7 Å². The van der Waals surface area contributed by atoms with Crippen LogP contribution in [-0.2, 0) is 4.79 Å². The van der Waals surface area contributed by atoms with Crippen LogP contribution in [0.15, 0.2) is 18.5 Å². The molecule has 0 bridgehead atoms. The molecule has 132 valence electrons. The van der Waals surface area contributed by atoms with Crippen molar-refractivity contribution in [3.63, 3.8) is 0 Å². The minimum absolute atomic E-state index is 0. The van der Waals surface area contributed by atoms with Crippen LogP contribution in [0.5, 0.6) is 0 Å². The summed E-state index contributed by atoms with van der Waals surface area (Å²) in [6, 6.07) is 2.25. The van der Waals surface area contributed by atoms with Crippen molar-refractivity contribution in [3.8, 4) is 0 Å². The molecule has 2 fully saturated rings. The summed E-state index contributed by atoms with van der Waals surface area (Å²) in [7, 11) is 0. The summed E-state index contributed by atoms with van der Waals surface area (Å²) in [4.78, 5) is 14.9. The summed E-state index contributed by atoms with van der Waals surface area (Å²) in [6.45, 7) is 3.68. The molecular formula is C16H28Cl2N4O. The van der Waals surface area contributed by atoms with E-state index in [-0.39, 0.29) is 42.2 Å². The van der Waals surface area contributed by atoms with E-state index >= 15 is 0 Å². The first kappa shape index (κ1) is 20.3. The number of rotatable bonds is 2. The Labute approximate surface area is 150 Å². The molecule has 1 aromatic heterocycles. The van der Waals surface area contributed by atoms with E-state index in [0.717, 1.165) is 51.6 Å². The van der Waals surface area contributed by atoms with E-state index in [1.165, 1.54) is 0 Å². The van der Waals surface area contributed by atoms with E-state index in [9.17, 15) is 4.79 Å². The number of nitrogens with zero attached hydrogens (tertiary/aromatic N) is 3. The highest BCUT2D eigenvalue weighted by Crippen LogP contribution is 2.34. The Hall–Kier alpha value is -0.780. The molecule has 1 aliphatic heterocycles. The van der Waals surface area contributed by atoms with Crippen LogP contribution >= 0.6 is 24.8 Å². The summed E-state index contributed by atoms with van der Waals surface area (Å²) in [5.74, 6) is 0.249. The zero-order valence-corrected chi connectivity index (χ0v) is 15.3. The van der Waals surface area contributed by atoms with Crippen molar-refractivity contribution in [2.45, 2.75) is 57.0 Å². The molecule has 7 heteroatoms. The monoisotopic (exact) mass is 362 g/mol. The van der Waals surface area contributed by atoms with Crippen LogP contribution in [-0.4, -0.2) is 39.2 Å². The van der Waals surface area contributed by atoms with E-state index in [1.54, 1.807) is 6.20 Å². The lowest BCUT2D eigenvalue weighted by Crippen LogP contribution is -2.55. The summed E-state index contributed by atoms with van der Waals surface area (Å²) < 4.78 is 1.99. The number of likely N-dealkylation sites (tertiary alicyclic amines) is 1. The number of carbonyl (C=O) groups is 1. The molecule has 1 saturated carbocycles. The standard InChI is InChI=1S/C16H26N4O.2ClH/c1-16(17)8-3-2-7-14(16)15(21)19-10-4-6-13(12-19)20-11-5-9-18-20;;/h5,9,11,13-14H,2-4,6-8,10,12,17H2,1H3;2*1H. The fourth-order valence-corrected chi connectivity index (χ4v) is 3.85. The Morgan fingerprint density at radius 1 is 1.26 bits per heavy atom. The third kappa shape index (κ3) is 4.40. The van der Waals surface area contributed by atoms with Gasteiger partial charge in [-0.1, -0.05) is 12.8 Å². The van der Waals surface area contributed by atoms with Gasteiger partial charge >= 0.3 is 0 Å². The first-order valence-electron chi connectivity index (χ1n) is 8.15. The van der Waals surface area contributed by atoms with E-state index in [2.05, 4.69) is 5.10 Å². The van der Waals surface area contributed by atoms with Crippen LogP contribution in [0.3, 0.4) is 0 Å². The number of hydrogen-bond acceptors (Lipinski definition) is 3. The lowest BCUT2D eigenvalue weighted by molar-refractivity contribution is -0.140. The maximum absolute atomic E-state index is 12.9. The number of aromatic nitrogens is 2. The van der Waals surface area contributed by atoms with E-state index in [4.69, 9.17) is 5.73 Å². The largest absolute Gasteiger partial charge is 0.340 e. The van der Waals surface area contributed by atoms with Gasteiger partial charge in [-0.05, 0) is 38.7 Å². The van der Waals surface area contributed by atoms with Gasteiger partial charge in [0.05, 0.1) is 12.0 Å². The van der Waals surface area contributed by atoms with Crippen LogP contribution in [0.4, 0.5) is 0 Å². The highest BCUT2D eigenvalue weighted by atomic mass is 35.5. The van der Waals surface area contributed by atoms with Gasteiger partial charge in [0.25, 0.3) is 0 Å². The normalized spacial score (nSPS) is 31.0. The molecule has 0 spiro atoms. The smallest absolute Gasteiger partial charge is 0.227 e. The molecule has 3 rings (SSSR count). The zero-order chi connectivity index (χ0) is 14.9. The fraction of sp³-hybridized carbons (Fsp3) is 0.750. The summed E-state index contributed by atoms with van der Waals surface area (Å²) in [5.41, 5.74) is 6.05. The Morgan fingerprint density at radius 3 is 2.70 bits per heavy atom. The van der Waals surface area contributed by atoms with Crippen LogP contribution in [0, 0.1) is 5.92 Å². The first-order valence-corrected chi connectivity index (χ1v) is 8.15. The van der Waals surface area contributed by atoms with Crippen molar-refractivity contribution in [2.75, 3.05) is 13.1 Å². The molecule has 0 radical (unpaired) electrons. The Kier molecular flexibility index (Phi) is 7.36. The number of hydrogen-bond donors (Lipinski definition) is 1.